The van der Waals surface area contributed by atoms with E-state index in [-0.39, 0.29) is 0 Å². The third-order valence-corrected chi connectivity index (χ3v) is 3.87. The van der Waals surface area contributed by atoms with Gasteiger partial charge in [-0.05, 0) is 26.9 Å². The molecule has 6 heteroatoms. The summed E-state index contributed by atoms with van der Waals surface area (Å²) in [5.74, 6) is 1.44. The van der Waals surface area contributed by atoms with Crippen LogP contribution in [0.5, 0.6) is 0 Å². The number of fused-ring (bicyclic) bond motifs is 1. The maximum atomic E-state index is 5.87. The third kappa shape index (κ3) is 2.23. The van der Waals surface area contributed by atoms with Gasteiger partial charge in [-0.25, -0.2) is 9.97 Å². The number of imidazole rings is 1. The quantitative estimate of drug-likeness (QED) is 0.867. The highest BCUT2D eigenvalue weighted by molar-refractivity contribution is 5.66. The van der Waals surface area contributed by atoms with Gasteiger partial charge in [0.05, 0.1) is 6.20 Å². The van der Waals surface area contributed by atoms with Gasteiger partial charge < -0.3 is 19.9 Å². The smallest absolute Gasteiger partial charge is 0.180 e. The molecule has 19 heavy (non-hydrogen) atoms. The zero-order valence-electron chi connectivity index (χ0n) is 11.5. The van der Waals surface area contributed by atoms with E-state index in [1.807, 2.05) is 10.6 Å². The molecule has 6 nitrogen and oxygen atoms in total. The summed E-state index contributed by atoms with van der Waals surface area (Å²) >= 11 is 0. The fourth-order valence-corrected chi connectivity index (χ4v) is 2.74. The molecule has 1 saturated heterocycles. The summed E-state index contributed by atoms with van der Waals surface area (Å²) in [7, 11) is 4.29. The first kappa shape index (κ1) is 12.2. The summed E-state index contributed by atoms with van der Waals surface area (Å²) in [5.41, 5.74) is 6.76. The van der Waals surface area contributed by atoms with Crippen LogP contribution in [0.25, 0.3) is 5.65 Å². The van der Waals surface area contributed by atoms with Gasteiger partial charge in [0.25, 0.3) is 0 Å². The zero-order chi connectivity index (χ0) is 13.4. The molecule has 2 aromatic rings. The molecule has 0 atom stereocenters. The van der Waals surface area contributed by atoms with Gasteiger partial charge in [-0.1, -0.05) is 0 Å². The molecule has 0 unspecified atom stereocenters. The van der Waals surface area contributed by atoms with Gasteiger partial charge in [0.2, 0.25) is 0 Å². The standard InChI is InChI=1S/C13H20N6/c1-17(2)10-3-6-18(7-4-10)13-12-15-5-8-19(12)9-11(14)16-13/h5,8-10H,3-4,6-7,14H2,1-2H3. The Kier molecular flexibility index (Phi) is 3.02. The Hall–Kier alpha value is -1.82. The highest BCUT2D eigenvalue weighted by atomic mass is 15.2. The minimum Gasteiger partial charge on any atom is -0.382 e. The van der Waals surface area contributed by atoms with Crippen LogP contribution in [0.15, 0.2) is 18.6 Å². The summed E-state index contributed by atoms with van der Waals surface area (Å²) < 4.78 is 1.94. The van der Waals surface area contributed by atoms with Crippen LogP contribution in [-0.4, -0.2) is 52.5 Å². The van der Waals surface area contributed by atoms with Crippen LogP contribution in [0.1, 0.15) is 12.8 Å². The van der Waals surface area contributed by atoms with Crippen molar-refractivity contribution in [3.63, 3.8) is 0 Å². The number of nitrogens with two attached hydrogens (primary N) is 1. The lowest BCUT2D eigenvalue weighted by molar-refractivity contribution is 0.249. The minimum atomic E-state index is 0.537. The van der Waals surface area contributed by atoms with Crippen molar-refractivity contribution in [1.29, 1.82) is 0 Å². The Balaban J connectivity index is 1.87. The molecular formula is C13H20N6. The summed E-state index contributed by atoms with van der Waals surface area (Å²) in [6.07, 6.45) is 7.79. The number of aromatic nitrogens is 3. The van der Waals surface area contributed by atoms with Gasteiger partial charge in [0.15, 0.2) is 11.5 Å². The van der Waals surface area contributed by atoms with E-state index >= 15 is 0 Å². The zero-order valence-corrected chi connectivity index (χ0v) is 11.5. The van der Waals surface area contributed by atoms with E-state index in [0.717, 1.165) is 37.4 Å². The Morgan fingerprint density at radius 2 is 2.05 bits per heavy atom. The van der Waals surface area contributed by atoms with Crippen molar-refractivity contribution >= 4 is 17.3 Å². The maximum Gasteiger partial charge on any atom is 0.180 e. The summed E-state index contributed by atoms with van der Waals surface area (Å²) in [5, 5.41) is 0. The largest absolute Gasteiger partial charge is 0.382 e. The van der Waals surface area contributed by atoms with E-state index in [9.17, 15) is 0 Å². The molecule has 3 heterocycles. The summed E-state index contributed by atoms with van der Waals surface area (Å²) in [6, 6.07) is 0.660. The van der Waals surface area contributed by atoms with E-state index in [4.69, 9.17) is 5.73 Å². The first-order valence-electron chi connectivity index (χ1n) is 6.65. The van der Waals surface area contributed by atoms with Crippen molar-refractivity contribution < 1.29 is 0 Å². The average Bonchev–Trinajstić information content (AvgIpc) is 2.85. The van der Waals surface area contributed by atoms with Gasteiger partial charge in [-0.2, -0.15) is 0 Å². The van der Waals surface area contributed by atoms with Gasteiger partial charge in [-0.15, -0.1) is 0 Å². The maximum absolute atomic E-state index is 5.87. The second-order valence-corrected chi connectivity index (χ2v) is 5.33. The molecule has 0 bridgehead atoms. The van der Waals surface area contributed by atoms with Crippen molar-refractivity contribution in [3.05, 3.63) is 18.6 Å². The van der Waals surface area contributed by atoms with Crippen LogP contribution >= 0.6 is 0 Å². The van der Waals surface area contributed by atoms with Crippen LogP contribution in [0.2, 0.25) is 0 Å². The highest BCUT2D eigenvalue weighted by Gasteiger charge is 2.23. The number of hydrogen-bond acceptors (Lipinski definition) is 5. The van der Waals surface area contributed by atoms with Crippen molar-refractivity contribution in [2.24, 2.45) is 0 Å². The predicted molar refractivity (Wildman–Crippen MR) is 76.3 cm³/mol. The van der Waals surface area contributed by atoms with E-state index in [2.05, 4.69) is 33.9 Å². The van der Waals surface area contributed by atoms with E-state index < -0.39 is 0 Å². The lowest BCUT2D eigenvalue weighted by Gasteiger charge is -2.35. The van der Waals surface area contributed by atoms with Crippen LogP contribution in [0.3, 0.4) is 0 Å². The lowest BCUT2D eigenvalue weighted by atomic mass is 10.0. The number of hydrogen-bond donors (Lipinski definition) is 1. The van der Waals surface area contributed by atoms with Gasteiger partial charge in [0, 0.05) is 31.5 Å². The van der Waals surface area contributed by atoms with E-state index in [1.165, 1.54) is 0 Å². The van der Waals surface area contributed by atoms with Crippen LogP contribution in [0, 0.1) is 0 Å². The summed E-state index contributed by atoms with van der Waals surface area (Å²) in [6.45, 7) is 2.00. The Labute approximate surface area is 112 Å². The first-order chi connectivity index (χ1) is 9.15. The number of rotatable bonds is 2. The molecule has 0 spiro atoms. The topological polar surface area (TPSA) is 62.7 Å². The summed E-state index contributed by atoms with van der Waals surface area (Å²) in [4.78, 5) is 13.4. The second kappa shape index (κ2) is 4.70. The van der Waals surface area contributed by atoms with Crippen LogP contribution in [0.4, 0.5) is 11.6 Å². The van der Waals surface area contributed by atoms with Gasteiger partial charge >= 0.3 is 0 Å². The van der Waals surface area contributed by atoms with Crippen molar-refractivity contribution in [2.75, 3.05) is 37.8 Å². The van der Waals surface area contributed by atoms with Gasteiger partial charge in [0.1, 0.15) is 5.82 Å². The van der Waals surface area contributed by atoms with Gasteiger partial charge in [-0.3, -0.25) is 0 Å². The molecule has 2 N–H and O–H groups in total. The molecule has 0 saturated carbocycles. The lowest BCUT2D eigenvalue weighted by Crippen LogP contribution is -2.42. The molecule has 3 rings (SSSR count). The fourth-order valence-electron chi connectivity index (χ4n) is 2.74. The Bertz CT molecular complexity index is 568. The monoisotopic (exact) mass is 260 g/mol. The van der Waals surface area contributed by atoms with Crippen molar-refractivity contribution in [2.45, 2.75) is 18.9 Å². The molecular weight excluding hydrogens is 240 g/mol. The number of nitrogen functional groups attached to an aromatic ring is 1. The van der Waals surface area contributed by atoms with Crippen molar-refractivity contribution in [3.8, 4) is 0 Å². The molecule has 0 aromatic carbocycles. The number of nitrogens with zero attached hydrogens (tertiary/aromatic N) is 5. The average molecular weight is 260 g/mol. The second-order valence-electron chi connectivity index (χ2n) is 5.33. The predicted octanol–water partition coefficient (Wildman–Crippen LogP) is 0.842. The molecule has 102 valence electrons. The number of anilines is 2. The Morgan fingerprint density at radius 3 is 2.74 bits per heavy atom. The van der Waals surface area contributed by atoms with E-state index in [0.29, 0.717) is 11.9 Å². The molecule has 0 aliphatic carbocycles. The molecule has 2 aromatic heterocycles. The molecule has 1 fully saturated rings. The molecule has 1 aliphatic rings. The normalized spacial score (nSPS) is 17.5. The first-order valence-corrected chi connectivity index (χ1v) is 6.65. The van der Waals surface area contributed by atoms with Crippen LogP contribution < -0.4 is 10.6 Å². The third-order valence-electron chi connectivity index (χ3n) is 3.87. The minimum absolute atomic E-state index is 0.537. The fraction of sp³-hybridized carbons (Fsp3) is 0.538. The SMILES string of the molecule is CN(C)C1CCN(c2nc(N)cn3ccnc23)CC1. The van der Waals surface area contributed by atoms with Crippen molar-refractivity contribution in [1.82, 2.24) is 19.3 Å². The van der Waals surface area contributed by atoms with E-state index in [1.54, 1.807) is 12.4 Å². The van der Waals surface area contributed by atoms with Crippen LogP contribution in [-0.2, 0) is 0 Å². The Morgan fingerprint density at radius 1 is 1.32 bits per heavy atom. The molecule has 0 radical (unpaired) electrons. The molecule has 1 aliphatic heterocycles. The highest BCUT2D eigenvalue weighted by Crippen LogP contribution is 2.24. The molecule has 0 amide bonds. The number of piperidine rings is 1.